The first-order valence-electron chi connectivity index (χ1n) is 6.02. The summed E-state index contributed by atoms with van der Waals surface area (Å²) in [6, 6.07) is 6.65. The van der Waals surface area contributed by atoms with Gasteiger partial charge in [0, 0.05) is 10.6 Å². The Balaban J connectivity index is 2.17. The predicted octanol–water partition coefficient (Wildman–Crippen LogP) is 2.32. The molecule has 6 nitrogen and oxygen atoms in total. The van der Waals surface area contributed by atoms with Crippen LogP contribution in [0.4, 0.5) is 10.5 Å². The van der Waals surface area contributed by atoms with E-state index in [1.807, 2.05) is 0 Å². The van der Waals surface area contributed by atoms with Gasteiger partial charge in [-0.3, -0.25) is 9.59 Å². The summed E-state index contributed by atoms with van der Waals surface area (Å²) in [6.07, 6.45) is 1.33. The van der Waals surface area contributed by atoms with Crippen molar-refractivity contribution in [2.75, 3.05) is 4.90 Å². The molecular weight excluding hydrogens is 296 g/mol. The molecule has 0 fully saturated rings. The minimum Gasteiger partial charge on any atom is -0.461 e. The quantitative estimate of drug-likeness (QED) is 0.680. The molecule has 2 heterocycles. The molecule has 0 saturated heterocycles. The molecule has 0 spiro atoms. The molecule has 3 amide bonds. The molecule has 21 heavy (non-hydrogen) atoms. The highest BCUT2D eigenvalue weighted by molar-refractivity contribution is 6.36. The molecular formula is C14H9ClN2O4. The summed E-state index contributed by atoms with van der Waals surface area (Å²) in [5, 5.41) is 0.217. The lowest BCUT2D eigenvalue weighted by molar-refractivity contribution is -0.117. The Kier molecular flexibility index (Phi) is 3.03. The Morgan fingerprint density at radius 3 is 2.62 bits per heavy atom. The zero-order chi connectivity index (χ0) is 15.1. The summed E-state index contributed by atoms with van der Waals surface area (Å²) >= 11 is 6.09. The van der Waals surface area contributed by atoms with Gasteiger partial charge in [-0.05, 0) is 24.3 Å². The van der Waals surface area contributed by atoms with Gasteiger partial charge in [0.25, 0.3) is 5.91 Å². The van der Waals surface area contributed by atoms with E-state index >= 15 is 0 Å². The molecule has 1 aromatic heterocycles. The van der Waals surface area contributed by atoms with Gasteiger partial charge in [0.1, 0.15) is 5.92 Å². The number of ketones is 1. The van der Waals surface area contributed by atoms with Gasteiger partial charge in [0.2, 0.25) is 5.78 Å². The van der Waals surface area contributed by atoms with Gasteiger partial charge in [-0.1, -0.05) is 17.7 Å². The van der Waals surface area contributed by atoms with E-state index in [0.29, 0.717) is 0 Å². The van der Waals surface area contributed by atoms with Crippen molar-refractivity contribution in [3.8, 4) is 0 Å². The maximum Gasteiger partial charge on any atom is 0.326 e. The normalized spacial score (nSPS) is 16.9. The summed E-state index contributed by atoms with van der Waals surface area (Å²) in [4.78, 5) is 37.1. The lowest BCUT2D eigenvalue weighted by Crippen LogP contribution is -2.40. The number of urea groups is 1. The second kappa shape index (κ2) is 4.75. The highest BCUT2D eigenvalue weighted by atomic mass is 35.5. The maximum atomic E-state index is 12.4. The van der Waals surface area contributed by atoms with Crippen molar-refractivity contribution in [2.24, 2.45) is 5.73 Å². The number of imide groups is 1. The second-order valence-corrected chi connectivity index (χ2v) is 4.87. The predicted molar refractivity (Wildman–Crippen MR) is 74.3 cm³/mol. The van der Waals surface area contributed by atoms with Crippen LogP contribution in [0.5, 0.6) is 0 Å². The number of halogens is 1. The topological polar surface area (TPSA) is 93.6 Å². The number of amides is 3. The van der Waals surface area contributed by atoms with Crippen molar-refractivity contribution >= 4 is 35.0 Å². The van der Waals surface area contributed by atoms with Crippen LogP contribution in [0.2, 0.25) is 5.02 Å². The molecule has 1 aliphatic heterocycles. The minimum absolute atomic E-state index is 0.0190. The van der Waals surface area contributed by atoms with E-state index in [1.165, 1.54) is 24.5 Å². The fourth-order valence-electron chi connectivity index (χ4n) is 2.41. The molecule has 0 radical (unpaired) electrons. The fraction of sp³-hybridized carbons (Fsp3) is 0.0714. The number of fused-ring (bicyclic) bond motifs is 1. The molecule has 2 N–H and O–H groups in total. The van der Waals surface area contributed by atoms with E-state index in [4.69, 9.17) is 21.8 Å². The first kappa shape index (κ1) is 13.4. The Bertz CT molecular complexity index is 754. The molecule has 2 aromatic rings. The van der Waals surface area contributed by atoms with Gasteiger partial charge in [-0.2, -0.15) is 0 Å². The highest BCUT2D eigenvalue weighted by Crippen LogP contribution is 2.43. The van der Waals surface area contributed by atoms with E-state index in [1.54, 1.807) is 12.1 Å². The van der Waals surface area contributed by atoms with Gasteiger partial charge in [-0.15, -0.1) is 0 Å². The monoisotopic (exact) mass is 304 g/mol. The number of nitrogens with two attached hydrogens (primary N) is 1. The largest absolute Gasteiger partial charge is 0.461 e. The molecule has 106 valence electrons. The van der Waals surface area contributed by atoms with Crippen LogP contribution in [0.15, 0.2) is 41.0 Å². The van der Waals surface area contributed by atoms with Crippen LogP contribution in [-0.4, -0.2) is 17.7 Å². The van der Waals surface area contributed by atoms with Gasteiger partial charge in [0.05, 0.1) is 12.0 Å². The molecule has 0 saturated carbocycles. The summed E-state index contributed by atoms with van der Waals surface area (Å²) in [7, 11) is 0. The first-order chi connectivity index (χ1) is 10.0. The van der Waals surface area contributed by atoms with E-state index in [-0.39, 0.29) is 22.0 Å². The average Bonchev–Trinajstić information content (AvgIpc) is 3.03. The van der Waals surface area contributed by atoms with Crippen molar-refractivity contribution in [3.05, 3.63) is 52.9 Å². The highest BCUT2D eigenvalue weighted by Gasteiger charge is 2.46. The molecule has 1 atom stereocenters. The van der Waals surface area contributed by atoms with Gasteiger partial charge >= 0.3 is 6.03 Å². The lowest BCUT2D eigenvalue weighted by Gasteiger charge is -2.11. The van der Waals surface area contributed by atoms with Crippen LogP contribution in [0.3, 0.4) is 0 Å². The van der Waals surface area contributed by atoms with E-state index in [0.717, 1.165) is 4.90 Å². The molecule has 0 aliphatic carbocycles. The zero-order valence-corrected chi connectivity index (χ0v) is 11.3. The molecule has 1 unspecified atom stereocenters. The zero-order valence-electron chi connectivity index (χ0n) is 10.6. The Morgan fingerprint density at radius 1 is 1.24 bits per heavy atom. The smallest absolute Gasteiger partial charge is 0.326 e. The standard InChI is InChI=1S/C14H9ClN2O4/c15-7-3-1-4-8-10(7)11(13(19)17(8)14(16)20)12(18)9-5-2-6-21-9/h1-6,11H,(H2,16,20). The molecule has 1 aliphatic rings. The third kappa shape index (κ3) is 1.92. The van der Waals surface area contributed by atoms with E-state index in [2.05, 4.69) is 0 Å². The first-order valence-corrected chi connectivity index (χ1v) is 6.39. The number of carbonyl (C=O) groups excluding carboxylic acids is 3. The van der Waals surface area contributed by atoms with Crippen molar-refractivity contribution in [1.29, 1.82) is 0 Å². The third-order valence-electron chi connectivity index (χ3n) is 3.27. The van der Waals surface area contributed by atoms with Gasteiger partial charge in [0.15, 0.2) is 5.76 Å². The van der Waals surface area contributed by atoms with Crippen LogP contribution >= 0.6 is 11.6 Å². The number of Topliss-reactive ketones (excluding diaryl/α,β-unsaturated/α-hetero) is 1. The summed E-state index contributed by atoms with van der Waals surface area (Å²) in [5.41, 5.74) is 5.72. The summed E-state index contributed by atoms with van der Waals surface area (Å²) in [5.74, 6) is -2.51. The lowest BCUT2D eigenvalue weighted by atomic mass is 9.95. The van der Waals surface area contributed by atoms with Gasteiger partial charge < -0.3 is 10.2 Å². The van der Waals surface area contributed by atoms with E-state index < -0.39 is 23.6 Å². The Labute approximate surface area is 124 Å². The summed E-state index contributed by atoms with van der Waals surface area (Å²) < 4.78 is 5.03. The van der Waals surface area contributed by atoms with Crippen LogP contribution in [0.1, 0.15) is 22.0 Å². The summed E-state index contributed by atoms with van der Waals surface area (Å²) in [6.45, 7) is 0. The minimum atomic E-state index is -1.23. The number of benzene rings is 1. The number of hydrogen-bond donors (Lipinski definition) is 1. The Morgan fingerprint density at radius 2 is 2.00 bits per heavy atom. The van der Waals surface area contributed by atoms with Crippen LogP contribution in [0.25, 0.3) is 0 Å². The average molecular weight is 305 g/mol. The number of nitrogens with zero attached hydrogens (tertiary/aromatic N) is 1. The maximum absolute atomic E-state index is 12.4. The number of anilines is 1. The third-order valence-corrected chi connectivity index (χ3v) is 3.60. The number of hydrogen-bond acceptors (Lipinski definition) is 4. The van der Waals surface area contributed by atoms with Crippen molar-refractivity contribution in [2.45, 2.75) is 5.92 Å². The second-order valence-electron chi connectivity index (χ2n) is 4.46. The molecule has 1 aromatic carbocycles. The fourth-order valence-corrected chi connectivity index (χ4v) is 2.69. The van der Waals surface area contributed by atoms with Crippen molar-refractivity contribution < 1.29 is 18.8 Å². The Hall–Kier alpha value is -2.60. The van der Waals surface area contributed by atoms with Crippen LogP contribution < -0.4 is 10.6 Å². The SMILES string of the molecule is NC(=O)N1C(=O)C(C(=O)c2ccco2)c2c(Cl)cccc21. The number of primary amides is 1. The molecule has 7 heteroatoms. The van der Waals surface area contributed by atoms with E-state index in [9.17, 15) is 14.4 Å². The van der Waals surface area contributed by atoms with Crippen molar-refractivity contribution in [1.82, 2.24) is 0 Å². The number of furan rings is 1. The van der Waals surface area contributed by atoms with Crippen molar-refractivity contribution in [3.63, 3.8) is 0 Å². The van der Waals surface area contributed by atoms with Crippen LogP contribution in [0, 0.1) is 0 Å². The van der Waals surface area contributed by atoms with Crippen LogP contribution in [-0.2, 0) is 4.79 Å². The molecule has 0 bridgehead atoms. The molecule has 3 rings (SSSR count). The number of carbonyl (C=O) groups is 3. The number of rotatable bonds is 2. The van der Waals surface area contributed by atoms with Gasteiger partial charge in [-0.25, -0.2) is 9.69 Å².